The van der Waals surface area contributed by atoms with Gasteiger partial charge in [0.15, 0.2) is 4.34 Å². The standard InChI is InChI=1S/C29H16N4O6S2/c34-25(30-15-8-10-18-17-4-1-2-7-22(17)39-23(18)12-15)14-40-29-31-20-11-9-16(13-24(20)41-29)32-27(35)19-5-3-6-21(33(37)38)26(19)28(32)36/h1-13H,14H2,(H,30,34). The summed E-state index contributed by atoms with van der Waals surface area (Å²) in [4.78, 5) is 54.9. The highest BCUT2D eigenvalue weighted by atomic mass is 32.2. The molecule has 41 heavy (non-hydrogen) atoms. The molecule has 0 fully saturated rings. The first-order valence-electron chi connectivity index (χ1n) is 12.3. The minimum absolute atomic E-state index is 0.00432. The Balaban J connectivity index is 1.06. The van der Waals surface area contributed by atoms with Crippen molar-refractivity contribution >= 4 is 90.0 Å². The third kappa shape index (κ3) is 4.20. The Morgan fingerprint density at radius 2 is 1.80 bits per heavy atom. The fourth-order valence-corrected chi connectivity index (χ4v) is 6.78. The topological polar surface area (TPSA) is 136 Å². The van der Waals surface area contributed by atoms with Crippen molar-refractivity contribution in [2.24, 2.45) is 0 Å². The molecule has 4 aromatic carbocycles. The van der Waals surface area contributed by atoms with Gasteiger partial charge in [0.25, 0.3) is 17.5 Å². The summed E-state index contributed by atoms with van der Waals surface area (Å²) in [6, 6.07) is 22.2. The van der Waals surface area contributed by atoms with Crippen LogP contribution in [0.5, 0.6) is 0 Å². The van der Waals surface area contributed by atoms with Gasteiger partial charge in [0.2, 0.25) is 5.91 Å². The number of nitrogens with zero attached hydrogens (tertiary/aromatic N) is 3. The largest absolute Gasteiger partial charge is 0.456 e. The molecule has 1 N–H and O–H groups in total. The fourth-order valence-electron chi connectivity index (χ4n) is 4.88. The molecule has 3 amide bonds. The first-order valence-corrected chi connectivity index (χ1v) is 14.1. The number of carbonyl (C=O) groups excluding carboxylic acids is 3. The third-order valence-electron chi connectivity index (χ3n) is 6.69. The van der Waals surface area contributed by atoms with Gasteiger partial charge in [-0.15, -0.1) is 11.3 Å². The SMILES string of the molecule is O=C(CSc1nc2ccc(N3C(=O)c4cccc([N+](=O)[O-])c4C3=O)cc2s1)Nc1ccc2c(c1)oc1ccccc12. The smallest absolute Gasteiger partial charge is 0.283 e. The molecular formula is C29H16N4O6S2. The molecule has 7 rings (SSSR count). The summed E-state index contributed by atoms with van der Waals surface area (Å²) in [6.07, 6.45) is 0. The van der Waals surface area contributed by atoms with E-state index in [1.54, 1.807) is 24.3 Å². The number of nitrogens with one attached hydrogen (secondary N) is 1. The lowest BCUT2D eigenvalue weighted by atomic mass is 10.1. The number of amides is 3. The molecule has 0 aliphatic carbocycles. The van der Waals surface area contributed by atoms with Gasteiger partial charge in [-0.3, -0.25) is 24.5 Å². The molecule has 10 nitrogen and oxygen atoms in total. The zero-order valence-electron chi connectivity index (χ0n) is 20.8. The van der Waals surface area contributed by atoms with Crippen molar-refractivity contribution in [1.82, 2.24) is 4.98 Å². The van der Waals surface area contributed by atoms with Gasteiger partial charge in [0.1, 0.15) is 16.7 Å². The summed E-state index contributed by atoms with van der Waals surface area (Å²) in [5.74, 6) is -1.46. The number of benzene rings is 4. The average Bonchev–Trinajstić information content (AvgIpc) is 3.62. The van der Waals surface area contributed by atoms with Gasteiger partial charge < -0.3 is 9.73 Å². The van der Waals surface area contributed by atoms with E-state index < -0.39 is 22.4 Å². The van der Waals surface area contributed by atoms with Gasteiger partial charge in [-0.2, -0.15) is 0 Å². The number of para-hydroxylation sites is 1. The Morgan fingerprint density at radius 1 is 0.976 bits per heavy atom. The van der Waals surface area contributed by atoms with Crippen LogP contribution in [0, 0.1) is 10.1 Å². The Morgan fingerprint density at radius 3 is 2.66 bits per heavy atom. The first kappa shape index (κ1) is 24.9. The summed E-state index contributed by atoms with van der Waals surface area (Å²) >= 11 is 2.58. The second-order valence-electron chi connectivity index (χ2n) is 9.18. The average molecular weight is 581 g/mol. The molecule has 0 atom stereocenters. The Hall–Kier alpha value is -5.07. The quantitative estimate of drug-likeness (QED) is 0.100. The number of thioether (sulfide) groups is 1. The maximum atomic E-state index is 13.1. The lowest BCUT2D eigenvalue weighted by Gasteiger charge is -2.13. The summed E-state index contributed by atoms with van der Waals surface area (Å²) in [5, 5.41) is 16.3. The van der Waals surface area contributed by atoms with E-state index in [1.807, 2.05) is 36.4 Å². The molecule has 0 bridgehead atoms. The van der Waals surface area contributed by atoms with Crippen molar-refractivity contribution < 1.29 is 23.7 Å². The van der Waals surface area contributed by atoms with Crippen LogP contribution in [0.3, 0.4) is 0 Å². The summed E-state index contributed by atoms with van der Waals surface area (Å²) < 4.78 is 7.23. The Bertz CT molecular complexity index is 2100. The molecule has 0 unspecified atom stereocenters. The number of fused-ring (bicyclic) bond motifs is 5. The van der Waals surface area contributed by atoms with Crippen molar-refractivity contribution in [3.63, 3.8) is 0 Å². The summed E-state index contributed by atoms with van der Waals surface area (Å²) in [5.41, 5.74) is 2.39. The maximum absolute atomic E-state index is 13.1. The molecular weight excluding hydrogens is 564 g/mol. The van der Waals surface area contributed by atoms with E-state index in [0.717, 1.165) is 21.3 Å². The first-order chi connectivity index (χ1) is 19.9. The van der Waals surface area contributed by atoms with Crippen LogP contribution >= 0.6 is 23.1 Å². The van der Waals surface area contributed by atoms with Crippen molar-refractivity contribution in [2.45, 2.75) is 4.34 Å². The second-order valence-corrected chi connectivity index (χ2v) is 11.4. The number of nitro benzene ring substituents is 1. The van der Waals surface area contributed by atoms with Gasteiger partial charge in [0.05, 0.1) is 32.1 Å². The lowest BCUT2D eigenvalue weighted by Crippen LogP contribution is -2.29. The predicted octanol–water partition coefficient (Wildman–Crippen LogP) is 6.64. The fraction of sp³-hybridized carbons (Fsp3) is 0.0345. The van der Waals surface area contributed by atoms with Gasteiger partial charge in [-0.1, -0.05) is 36.0 Å². The van der Waals surface area contributed by atoms with Crippen LogP contribution in [0.15, 0.2) is 87.6 Å². The molecule has 200 valence electrons. The molecule has 12 heteroatoms. The minimum Gasteiger partial charge on any atom is -0.456 e. The van der Waals surface area contributed by atoms with Crippen molar-refractivity contribution in [2.75, 3.05) is 16.0 Å². The Kier molecular flexibility index (Phi) is 5.80. The molecule has 2 aromatic heterocycles. The highest BCUT2D eigenvalue weighted by Gasteiger charge is 2.41. The zero-order chi connectivity index (χ0) is 28.2. The van der Waals surface area contributed by atoms with Crippen molar-refractivity contribution in [3.8, 4) is 0 Å². The van der Waals surface area contributed by atoms with E-state index in [2.05, 4.69) is 10.3 Å². The van der Waals surface area contributed by atoms with Crippen LogP contribution in [-0.4, -0.2) is 33.4 Å². The molecule has 6 aromatic rings. The molecule has 1 aliphatic rings. The van der Waals surface area contributed by atoms with Gasteiger partial charge in [-0.05, 0) is 42.5 Å². The number of imide groups is 1. The minimum atomic E-state index is -0.742. The molecule has 0 radical (unpaired) electrons. The monoisotopic (exact) mass is 580 g/mol. The van der Waals surface area contributed by atoms with Crippen LogP contribution in [0.1, 0.15) is 20.7 Å². The van der Waals surface area contributed by atoms with E-state index in [0.29, 0.717) is 25.8 Å². The third-order valence-corrected chi connectivity index (χ3v) is 8.85. The van der Waals surface area contributed by atoms with Crippen LogP contribution in [-0.2, 0) is 4.79 Å². The summed E-state index contributed by atoms with van der Waals surface area (Å²) in [7, 11) is 0. The zero-order valence-corrected chi connectivity index (χ0v) is 22.5. The highest BCUT2D eigenvalue weighted by Crippen LogP contribution is 2.37. The number of carbonyl (C=O) groups is 3. The number of thiazole rings is 1. The number of anilines is 2. The highest BCUT2D eigenvalue weighted by molar-refractivity contribution is 8.01. The van der Waals surface area contributed by atoms with Crippen molar-refractivity contribution in [3.05, 3.63) is 100 Å². The lowest BCUT2D eigenvalue weighted by molar-refractivity contribution is -0.385. The predicted molar refractivity (Wildman–Crippen MR) is 157 cm³/mol. The van der Waals surface area contributed by atoms with E-state index in [1.165, 1.54) is 41.3 Å². The number of hydrogen-bond donors (Lipinski definition) is 1. The van der Waals surface area contributed by atoms with Gasteiger partial charge in [0, 0.05) is 28.6 Å². The molecule has 0 saturated carbocycles. The molecule has 0 spiro atoms. The number of hydrogen-bond acceptors (Lipinski definition) is 9. The summed E-state index contributed by atoms with van der Waals surface area (Å²) in [6.45, 7) is 0. The second kappa shape index (κ2) is 9.54. The normalized spacial score (nSPS) is 12.9. The Labute approximate surface area is 238 Å². The van der Waals surface area contributed by atoms with Gasteiger partial charge in [-0.25, -0.2) is 9.88 Å². The van der Waals surface area contributed by atoms with E-state index >= 15 is 0 Å². The molecule has 0 saturated heterocycles. The number of furan rings is 1. The van der Waals surface area contributed by atoms with Crippen LogP contribution in [0.25, 0.3) is 32.2 Å². The number of nitro groups is 1. The molecule has 3 heterocycles. The van der Waals surface area contributed by atoms with E-state index in [-0.39, 0.29) is 28.5 Å². The molecule has 1 aliphatic heterocycles. The van der Waals surface area contributed by atoms with Crippen LogP contribution in [0.2, 0.25) is 0 Å². The van der Waals surface area contributed by atoms with Crippen LogP contribution < -0.4 is 10.2 Å². The maximum Gasteiger partial charge on any atom is 0.283 e. The van der Waals surface area contributed by atoms with E-state index in [9.17, 15) is 24.5 Å². The van der Waals surface area contributed by atoms with Crippen molar-refractivity contribution in [1.29, 1.82) is 0 Å². The van der Waals surface area contributed by atoms with E-state index in [4.69, 9.17) is 4.42 Å². The van der Waals surface area contributed by atoms with Gasteiger partial charge >= 0.3 is 0 Å². The number of rotatable bonds is 6. The van der Waals surface area contributed by atoms with Crippen LogP contribution in [0.4, 0.5) is 17.1 Å². The number of aromatic nitrogens is 1.